The Bertz CT molecular complexity index is 1640. The van der Waals surface area contributed by atoms with E-state index in [1.165, 1.54) is 7.05 Å². The van der Waals surface area contributed by atoms with Gasteiger partial charge in [-0.15, -0.1) is 4.40 Å². The van der Waals surface area contributed by atoms with Crippen molar-refractivity contribution >= 4 is 31.9 Å². The highest BCUT2D eigenvalue weighted by Gasteiger charge is 2.23. The lowest BCUT2D eigenvalue weighted by molar-refractivity contribution is -0.0909. The van der Waals surface area contributed by atoms with Crippen molar-refractivity contribution < 1.29 is 17.9 Å². The average molecular weight is 496 g/mol. The molecule has 1 saturated heterocycles. The van der Waals surface area contributed by atoms with Crippen LogP contribution in [-0.2, 0) is 26.7 Å². The van der Waals surface area contributed by atoms with Gasteiger partial charge in [0.05, 0.1) is 37.6 Å². The minimum absolute atomic E-state index is 0.110. The molecule has 1 atom stereocenters. The summed E-state index contributed by atoms with van der Waals surface area (Å²) < 4.78 is 43.9. The minimum Gasteiger partial charge on any atom is -0.376 e. The first-order chi connectivity index (χ1) is 16.8. The fourth-order valence-corrected chi connectivity index (χ4v) is 5.04. The van der Waals surface area contributed by atoms with Gasteiger partial charge >= 0.3 is 10.2 Å². The summed E-state index contributed by atoms with van der Waals surface area (Å²) in [5.74, 6) is 0. The van der Waals surface area contributed by atoms with E-state index in [1.807, 2.05) is 37.5 Å². The standard InChI is InChI=1S/C24H25N5O5S/c1-28-13-17(12-25-28)16-7-8-19-20-5-3-4-6-22(23(20)26-24(30)21(19)11-16)27-35(31,32)29(2)14-18-15-33-9-10-34-18/h3-8,11-13,18H,9-10,14-15H2,1-2H3,(H,26,30)/b27-22+/t18-/m0/s1. The number of hydrogen-bond acceptors (Lipinski definition) is 6. The van der Waals surface area contributed by atoms with Gasteiger partial charge in [-0.25, -0.2) is 0 Å². The summed E-state index contributed by atoms with van der Waals surface area (Å²) in [6.07, 6.45) is 3.25. The summed E-state index contributed by atoms with van der Waals surface area (Å²) in [7, 11) is -0.774. The molecule has 1 fully saturated rings. The quantitative estimate of drug-likeness (QED) is 0.449. The highest BCUT2D eigenvalue weighted by atomic mass is 32.2. The van der Waals surface area contributed by atoms with Crippen LogP contribution in [0.3, 0.4) is 0 Å². The first-order valence-corrected chi connectivity index (χ1v) is 12.5. The molecule has 0 amide bonds. The number of fused-ring (bicyclic) bond motifs is 3. The number of aromatic nitrogens is 3. The van der Waals surface area contributed by atoms with Gasteiger partial charge in [-0.05, 0) is 23.1 Å². The summed E-state index contributed by atoms with van der Waals surface area (Å²) in [5, 5.41) is 6.21. The van der Waals surface area contributed by atoms with Crippen LogP contribution in [0.4, 0.5) is 0 Å². The zero-order valence-corrected chi connectivity index (χ0v) is 20.2. The summed E-state index contributed by atoms with van der Waals surface area (Å²) in [6, 6.07) is 12.5. The van der Waals surface area contributed by atoms with E-state index < -0.39 is 10.2 Å². The molecular weight excluding hydrogens is 470 g/mol. The van der Waals surface area contributed by atoms with E-state index in [4.69, 9.17) is 9.47 Å². The minimum atomic E-state index is -4.05. The van der Waals surface area contributed by atoms with E-state index in [-0.39, 0.29) is 23.6 Å². The SMILES string of the molecule is CN(C[C@H]1COCCO1)S(=O)(=O)/N=c1\ccccc2c1[nH]c(=O)c1cc(-c3cnn(C)c3)ccc12. The molecule has 11 heteroatoms. The number of aromatic amines is 1. The molecule has 10 nitrogen and oxygen atoms in total. The van der Waals surface area contributed by atoms with Gasteiger partial charge in [-0.1, -0.05) is 30.3 Å². The van der Waals surface area contributed by atoms with Crippen LogP contribution in [-0.4, -0.2) is 67.0 Å². The largest absolute Gasteiger partial charge is 0.376 e. The van der Waals surface area contributed by atoms with Crippen LogP contribution in [0, 0.1) is 0 Å². The number of aryl methyl sites for hydroxylation is 1. The Kier molecular flexibility index (Phi) is 6.24. The molecule has 1 N–H and O–H groups in total. The van der Waals surface area contributed by atoms with Crippen LogP contribution in [0.15, 0.2) is 64.1 Å². The Morgan fingerprint density at radius 1 is 1.14 bits per heavy atom. The van der Waals surface area contributed by atoms with E-state index in [0.717, 1.165) is 15.4 Å². The van der Waals surface area contributed by atoms with Crippen molar-refractivity contribution in [2.45, 2.75) is 6.10 Å². The number of nitrogens with zero attached hydrogens (tertiary/aromatic N) is 4. The molecule has 1 aliphatic rings. The number of pyridine rings is 1. The van der Waals surface area contributed by atoms with Gasteiger partial charge in [0.25, 0.3) is 5.56 Å². The number of rotatable bonds is 5. The third-order valence-corrected chi connectivity index (χ3v) is 7.30. The van der Waals surface area contributed by atoms with Crippen molar-refractivity contribution in [3.8, 4) is 11.1 Å². The monoisotopic (exact) mass is 495 g/mol. The highest BCUT2D eigenvalue weighted by molar-refractivity contribution is 7.87. The third kappa shape index (κ3) is 4.76. The first-order valence-electron chi connectivity index (χ1n) is 11.1. The molecule has 5 rings (SSSR count). The Morgan fingerprint density at radius 2 is 1.97 bits per heavy atom. The van der Waals surface area contributed by atoms with Gasteiger partial charge in [0.15, 0.2) is 0 Å². The number of hydrogen-bond donors (Lipinski definition) is 1. The number of nitrogens with one attached hydrogen (secondary N) is 1. The first kappa shape index (κ1) is 23.4. The van der Waals surface area contributed by atoms with E-state index in [0.29, 0.717) is 41.5 Å². The van der Waals surface area contributed by atoms with Gasteiger partial charge in [0.2, 0.25) is 0 Å². The van der Waals surface area contributed by atoms with E-state index >= 15 is 0 Å². The zero-order chi connectivity index (χ0) is 24.6. The maximum Gasteiger partial charge on any atom is 0.322 e. The van der Waals surface area contributed by atoms with E-state index in [2.05, 4.69) is 14.5 Å². The van der Waals surface area contributed by atoms with Gasteiger partial charge < -0.3 is 14.5 Å². The second-order valence-electron chi connectivity index (χ2n) is 8.43. The number of ether oxygens (including phenoxy) is 2. The topological polar surface area (TPSA) is 119 Å². The molecule has 1 aliphatic heterocycles. The molecule has 0 bridgehead atoms. The average Bonchev–Trinajstić information content (AvgIpc) is 3.19. The summed E-state index contributed by atoms with van der Waals surface area (Å²) in [5.41, 5.74) is 1.76. The Hall–Kier alpha value is -3.38. The number of benzene rings is 1. The van der Waals surface area contributed by atoms with Crippen LogP contribution >= 0.6 is 0 Å². The molecule has 182 valence electrons. The smallest absolute Gasteiger partial charge is 0.322 e. The second-order valence-corrected chi connectivity index (χ2v) is 10.1. The lowest BCUT2D eigenvalue weighted by atomic mass is 10.0. The van der Waals surface area contributed by atoms with Crippen molar-refractivity contribution in [3.63, 3.8) is 0 Å². The van der Waals surface area contributed by atoms with Crippen LogP contribution in [0.5, 0.6) is 0 Å². The van der Waals surface area contributed by atoms with Crippen molar-refractivity contribution in [1.29, 1.82) is 0 Å². The van der Waals surface area contributed by atoms with E-state index in [9.17, 15) is 13.2 Å². The van der Waals surface area contributed by atoms with Gasteiger partial charge in [0.1, 0.15) is 5.36 Å². The maximum atomic E-state index is 13.1. The van der Waals surface area contributed by atoms with Crippen LogP contribution < -0.4 is 10.9 Å². The zero-order valence-electron chi connectivity index (χ0n) is 19.3. The van der Waals surface area contributed by atoms with Crippen LogP contribution in [0.1, 0.15) is 0 Å². The van der Waals surface area contributed by atoms with Crippen LogP contribution in [0.2, 0.25) is 0 Å². The second kappa shape index (κ2) is 9.34. The Labute approximate surface area is 201 Å². The molecule has 2 aromatic heterocycles. The van der Waals surface area contributed by atoms with Crippen molar-refractivity contribution in [2.75, 3.05) is 33.4 Å². The number of H-pyrrole nitrogens is 1. The van der Waals surface area contributed by atoms with Gasteiger partial charge in [-0.2, -0.15) is 17.8 Å². The van der Waals surface area contributed by atoms with Crippen molar-refractivity contribution in [2.24, 2.45) is 11.4 Å². The maximum absolute atomic E-state index is 13.1. The predicted octanol–water partition coefficient (Wildman–Crippen LogP) is 1.57. The predicted molar refractivity (Wildman–Crippen MR) is 132 cm³/mol. The molecule has 0 aliphatic carbocycles. The fraction of sp³-hybridized carbons (Fsp3) is 0.292. The Morgan fingerprint density at radius 3 is 2.71 bits per heavy atom. The summed E-state index contributed by atoms with van der Waals surface area (Å²) >= 11 is 0. The molecule has 4 aromatic rings. The van der Waals surface area contributed by atoms with Gasteiger partial charge in [0, 0.05) is 43.2 Å². The molecule has 0 unspecified atom stereocenters. The Balaban J connectivity index is 1.62. The van der Waals surface area contributed by atoms with Crippen molar-refractivity contribution in [1.82, 2.24) is 19.1 Å². The molecule has 2 aromatic carbocycles. The molecule has 3 heterocycles. The lowest BCUT2D eigenvalue weighted by Gasteiger charge is -2.25. The summed E-state index contributed by atoms with van der Waals surface area (Å²) in [6.45, 7) is 1.35. The van der Waals surface area contributed by atoms with Crippen molar-refractivity contribution in [3.05, 3.63) is 70.6 Å². The van der Waals surface area contributed by atoms with Crippen LogP contribution in [0.25, 0.3) is 32.8 Å². The number of likely N-dealkylation sites (N-methyl/N-ethyl adjacent to an activating group) is 1. The van der Waals surface area contributed by atoms with Gasteiger partial charge in [-0.3, -0.25) is 9.48 Å². The molecule has 0 spiro atoms. The highest BCUT2D eigenvalue weighted by Crippen LogP contribution is 2.25. The molecule has 0 saturated carbocycles. The fourth-order valence-electron chi connectivity index (χ4n) is 4.15. The molecule has 0 radical (unpaired) electrons. The molecule has 35 heavy (non-hydrogen) atoms. The van der Waals surface area contributed by atoms with E-state index in [1.54, 1.807) is 29.1 Å². The summed E-state index contributed by atoms with van der Waals surface area (Å²) in [4.78, 5) is 15.9. The molecular formula is C24H25N5O5S. The third-order valence-electron chi connectivity index (χ3n) is 5.94. The lowest BCUT2D eigenvalue weighted by Crippen LogP contribution is -2.40. The normalized spacial score (nSPS) is 17.5.